The van der Waals surface area contributed by atoms with E-state index in [0.29, 0.717) is 46.5 Å². The molecule has 6 heteroatoms. The highest BCUT2D eigenvalue weighted by Gasteiger charge is 2.40. The maximum atomic E-state index is 13.2. The molecule has 150 valence electrons. The molecule has 0 saturated heterocycles. The maximum absolute atomic E-state index is 13.2. The Morgan fingerprint density at radius 3 is 2.63 bits per heavy atom. The van der Waals surface area contributed by atoms with Gasteiger partial charge in [-0.15, -0.1) is 0 Å². The zero-order chi connectivity index (χ0) is 21.2. The van der Waals surface area contributed by atoms with Crippen LogP contribution in [0.2, 0.25) is 0 Å². The number of fused-ring (bicyclic) bond motifs is 4. The van der Waals surface area contributed by atoms with E-state index < -0.39 is 11.0 Å². The van der Waals surface area contributed by atoms with Crippen molar-refractivity contribution in [3.8, 4) is 22.4 Å². The topological polar surface area (TPSA) is 93.3 Å². The molecular weight excluding hydrogens is 380 g/mol. The first-order valence-electron chi connectivity index (χ1n) is 9.89. The van der Waals surface area contributed by atoms with Gasteiger partial charge in [0.15, 0.2) is 5.78 Å². The normalized spacial score (nSPS) is 18.5. The lowest BCUT2D eigenvalue weighted by atomic mass is 9.73. The minimum atomic E-state index is -0.939. The second kappa shape index (κ2) is 6.31. The first kappa shape index (κ1) is 18.6. The monoisotopic (exact) mass is 400 g/mol. The van der Waals surface area contributed by atoms with E-state index in [0.717, 1.165) is 11.1 Å². The molecule has 2 aliphatic carbocycles. The van der Waals surface area contributed by atoms with Crippen LogP contribution in [-0.2, 0) is 6.42 Å². The summed E-state index contributed by atoms with van der Waals surface area (Å²) in [6.07, 6.45) is 0.0541. The molecule has 1 heterocycles. The average Bonchev–Trinajstić information content (AvgIpc) is 2.98. The number of aromatic nitrogens is 1. The fraction of sp³-hybridized carbons (Fsp3) is 0.250. The van der Waals surface area contributed by atoms with Crippen LogP contribution in [0.1, 0.15) is 53.6 Å². The van der Waals surface area contributed by atoms with Crippen molar-refractivity contribution in [3.05, 3.63) is 81.0 Å². The van der Waals surface area contributed by atoms with E-state index in [9.17, 15) is 20.0 Å². The molecule has 0 saturated carbocycles. The summed E-state index contributed by atoms with van der Waals surface area (Å²) in [7, 11) is 0. The largest absolute Gasteiger partial charge is 0.384 e. The number of benzene rings is 2. The maximum Gasteiger partial charge on any atom is 0.270 e. The quantitative estimate of drug-likeness (QED) is 0.489. The Bertz CT molecular complexity index is 1250. The number of non-ortho nitro benzene ring substituents is 1. The van der Waals surface area contributed by atoms with Crippen LogP contribution in [0.4, 0.5) is 5.69 Å². The molecule has 5 rings (SSSR count). The molecule has 0 radical (unpaired) electrons. The van der Waals surface area contributed by atoms with Gasteiger partial charge in [-0.05, 0) is 23.0 Å². The van der Waals surface area contributed by atoms with Gasteiger partial charge in [-0.25, -0.2) is 0 Å². The van der Waals surface area contributed by atoms with Crippen LogP contribution in [0.15, 0.2) is 48.5 Å². The summed E-state index contributed by atoms with van der Waals surface area (Å²) in [5, 5.41) is 22.5. The van der Waals surface area contributed by atoms with Crippen LogP contribution in [-0.4, -0.2) is 20.8 Å². The van der Waals surface area contributed by atoms with Gasteiger partial charge >= 0.3 is 0 Å². The van der Waals surface area contributed by atoms with Crippen LogP contribution >= 0.6 is 0 Å². The summed E-state index contributed by atoms with van der Waals surface area (Å²) < 4.78 is 0. The number of nitrogens with zero attached hydrogens (tertiary/aromatic N) is 2. The third kappa shape index (κ3) is 2.68. The molecule has 3 aromatic rings. The van der Waals surface area contributed by atoms with Crippen LogP contribution < -0.4 is 0 Å². The van der Waals surface area contributed by atoms with Crippen LogP contribution in [0.3, 0.4) is 0 Å². The number of carbonyl (C=O) groups is 1. The number of aliphatic hydroxyl groups excluding tert-OH is 1. The number of ketones is 1. The Kier molecular flexibility index (Phi) is 3.92. The Hall–Kier alpha value is -3.38. The van der Waals surface area contributed by atoms with Crippen molar-refractivity contribution >= 4 is 11.5 Å². The molecule has 1 N–H and O–H groups in total. The van der Waals surface area contributed by atoms with Gasteiger partial charge in [0.25, 0.3) is 5.69 Å². The summed E-state index contributed by atoms with van der Waals surface area (Å²) in [5.74, 6) is -0.0405. The van der Waals surface area contributed by atoms with Crippen molar-refractivity contribution in [1.82, 2.24) is 4.98 Å². The molecular formula is C24H20N2O4. The van der Waals surface area contributed by atoms with Crippen LogP contribution in [0, 0.1) is 15.5 Å². The number of nitro groups is 1. The fourth-order valence-electron chi connectivity index (χ4n) is 4.77. The van der Waals surface area contributed by atoms with Gasteiger partial charge in [0.1, 0.15) is 6.10 Å². The minimum Gasteiger partial charge on any atom is -0.384 e. The summed E-state index contributed by atoms with van der Waals surface area (Å²) in [5.41, 5.74) is 4.82. The number of rotatable bonds is 2. The Labute approximate surface area is 173 Å². The summed E-state index contributed by atoms with van der Waals surface area (Å²) in [6.45, 7) is 4.08. The van der Waals surface area contributed by atoms with Crippen molar-refractivity contribution in [1.29, 1.82) is 0 Å². The van der Waals surface area contributed by atoms with E-state index in [-0.39, 0.29) is 16.9 Å². The van der Waals surface area contributed by atoms with Gasteiger partial charge in [-0.3, -0.25) is 19.9 Å². The number of hydrogen-bond donors (Lipinski definition) is 1. The van der Waals surface area contributed by atoms with Crippen molar-refractivity contribution in [3.63, 3.8) is 0 Å². The number of carbonyl (C=O) groups excluding carboxylic acids is 1. The van der Waals surface area contributed by atoms with Gasteiger partial charge in [0, 0.05) is 40.8 Å². The molecule has 0 unspecified atom stereocenters. The second-order valence-electron chi connectivity index (χ2n) is 8.81. The highest BCUT2D eigenvalue weighted by atomic mass is 16.6. The molecule has 30 heavy (non-hydrogen) atoms. The Morgan fingerprint density at radius 1 is 1.10 bits per heavy atom. The highest BCUT2D eigenvalue weighted by Crippen LogP contribution is 2.50. The van der Waals surface area contributed by atoms with Crippen molar-refractivity contribution < 1.29 is 14.8 Å². The molecule has 0 bridgehead atoms. The molecule has 1 atom stereocenters. The van der Waals surface area contributed by atoms with E-state index >= 15 is 0 Å². The summed E-state index contributed by atoms with van der Waals surface area (Å²) in [6, 6.07) is 13.8. The smallest absolute Gasteiger partial charge is 0.270 e. The van der Waals surface area contributed by atoms with Crippen molar-refractivity contribution in [2.24, 2.45) is 5.41 Å². The summed E-state index contributed by atoms with van der Waals surface area (Å²) >= 11 is 0. The van der Waals surface area contributed by atoms with Crippen molar-refractivity contribution in [2.45, 2.75) is 32.8 Å². The third-order valence-corrected chi connectivity index (χ3v) is 6.00. The number of aliphatic hydroxyl groups is 1. The lowest BCUT2D eigenvalue weighted by Gasteiger charge is -2.32. The lowest BCUT2D eigenvalue weighted by Crippen LogP contribution is -2.29. The molecule has 0 amide bonds. The van der Waals surface area contributed by atoms with Crippen molar-refractivity contribution in [2.75, 3.05) is 0 Å². The van der Waals surface area contributed by atoms with Gasteiger partial charge in [-0.2, -0.15) is 0 Å². The Balaban J connectivity index is 1.88. The number of Topliss-reactive ketones (excluding diaryl/α,β-unsaturated/α-hetero) is 1. The van der Waals surface area contributed by atoms with E-state index in [1.54, 1.807) is 12.1 Å². The predicted molar refractivity (Wildman–Crippen MR) is 112 cm³/mol. The van der Waals surface area contributed by atoms with E-state index in [1.165, 1.54) is 12.1 Å². The molecule has 1 aromatic heterocycles. The molecule has 2 aliphatic rings. The highest BCUT2D eigenvalue weighted by molar-refractivity contribution is 6.07. The van der Waals surface area contributed by atoms with Gasteiger partial charge in [-0.1, -0.05) is 50.2 Å². The van der Waals surface area contributed by atoms with Crippen LogP contribution in [0.25, 0.3) is 22.4 Å². The first-order chi connectivity index (χ1) is 14.3. The van der Waals surface area contributed by atoms with Crippen LogP contribution in [0.5, 0.6) is 0 Å². The second-order valence-corrected chi connectivity index (χ2v) is 8.81. The van der Waals surface area contributed by atoms with Gasteiger partial charge in [0.2, 0.25) is 0 Å². The van der Waals surface area contributed by atoms with Gasteiger partial charge < -0.3 is 5.11 Å². The SMILES string of the molecule is CC1(C)CC(=O)c2c(nc3c(c2-c2cccc([N+](=O)[O-])c2)[C@H](O)c2ccccc2-3)C1. The molecule has 0 aliphatic heterocycles. The zero-order valence-electron chi connectivity index (χ0n) is 16.7. The third-order valence-electron chi connectivity index (χ3n) is 6.00. The standard InChI is InChI=1S/C24H20N2O4/c1-24(2)11-17-20(18(27)12-24)19(13-6-5-7-14(10-13)26(29)30)21-22(25-17)15-8-3-4-9-16(15)23(21)28/h3-10,23,28H,11-12H2,1-2H3/t23-/m1/s1. The van der Waals surface area contributed by atoms with E-state index in [1.807, 2.05) is 38.1 Å². The fourth-order valence-corrected chi connectivity index (χ4v) is 4.77. The number of hydrogen-bond acceptors (Lipinski definition) is 5. The minimum absolute atomic E-state index is 0.0405. The van der Waals surface area contributed by atoms with Gasteiger partial charge in [0.05, 0.1) is 16.3 Å². The summed E-state index contributed by atoms with van der Waals surface area (Å²) in [4.78, 5) is 29.0. The Morgan fingerprint density at radius 2 is 1.87 bits per heavy atom. The number of pyridine rings is 1. The predicted octanol–water partition coefficient (Wildman–Crippen LogP) is 4.87. The molecule has 2 aromatic carbocycles. The lowest BCUT2D eigenvalue weighted by molar-refractivity contribution is -0.384. The zero-order valence-corrected chi connectivity index (χ0v) is 16.7. The molecule has 0 spiro atoms. The van der Waals surface area contributed by atoms with E-state index in [2.05, 4.69) is 0 Å². The first-order valence-corrected chi connectivity index (χ1v) is 9.89. The van der Waals surface area contributed by atoms with E-state index in [4.69, 9.17) is 4.98 Å². The molecule has 6 nitrogen and oxygen atoms in total. The molecule has 0 fully saturated rings. The number of nitro benzene ring substituents is 1. The average molecular weight is 400 g/mol.